The molecule has 1 amide bonds. The van der Waals surface area contributed by atoms with Crippen LogP contribution in [0.15, 0.2) is 57.9 Å². The predicted molar refractivity (Wildman–Crippen MR) is 134 cm³/mol. The molecular weight excluding hydrogens is 505 g/mol. The summed E-state index contributed by atoms with van der Waals surface area (Å²) < 4.78 is 8.08. The normalized spacial score (nSPS) is 11.2. The van der Waals surface area contributed by atoms with Crippen LogP contribution < -0.4 is 20.4 Å². The van der Waals surface area contributed by atoms with Crippen molar-refractivity contribution in [3.63, 3.8) is 0 Å². The molecule has 0 radical (unpaired) electrons. The van der Waals surface area contributed by atoms with Gasteiger partial charge in [-0.2, -0.15) is 4.57 Å². The van der Waals surface area contributed by atoms with E-state index in [4.69, 9.17) is 4.42 Å². The summed E-state index contributed by atoms with van der Waals surface area (Å²) >= 11 is 2.04. The summed E-state index contributed by atoms with van der Waals surface area (Å²) in [7, 11) is 0. The van der Waals surface area contributed by atoms with Crippen LogP contribution in [-0.2, 0) is 11.3 Å². The van der Waals surface area contributed by atoms with Crippen molar-refractivity contribution in [3.05, 3.63) is 70.3 Å². The molecule has 1 aromatic carbocycles. The van der Waals surface area contributed by atoms with Crippen molar-refractivity contribution in [2.75, 3.05) is 29.0 Å². The Bertz CT molecular complexity index is 1140. The molecule has 0 spiro atoms. The highest BCUT2D eigenvalue weighted by Gasteiger charge is 2.10. The van der Waals surface area contributed by atoms with Crippen molar-refractivity contribution in [1.29, 1.82) is 0 Å². The van der Waals surface area contributed by atoms with Gasteiger partial charge in [-0.3, -0.25) is 4.79 Å². The summed E-state index contributed by atoms with van der Waals surface area (Å²) in [5.41, 5.74) is 2.70. The third-order valence-electron chi connectivity index (χ3n) is 5.08. The van der Waals surface area contributed by atoms with Crippen molar-refractivity contribution in [2.24, 2.45) is 0 Å². The van der Waals surface area contributed by atoms with E-state index >= 15 is 0 Å². The van der Waals surface area contributed by atoms with Crippen molar-refractivity contribution in [3.8, 4) is 0 Å². The van der Waals surface area contributed by atoms with E-state index in [1.165, 1.54) is 0 Å². The summed E-state index contributed by atoms with van der Waals surface area (Å²) in [6.45, 7) is 7.18. The topological polar surface area (TPSA) is 66.4 Å². The maximum Gasteiger partial charge on any atom is 0.343 e. The third-order valence-corrected chi connectivity index (χ3v) is 5.77. The first kappa shape index (κ1) is 23.0. The lowest BCUT2D eigenvalue weighted by molar-refractivity contribution is -0.696. The van der Waals surface area contributed by atoms with Crippen LogP contribution in [0, 0.1) is 0 Å². The van der Waals surface area contributed by atoms with Gasteiger partial charge in [0.05, 0.1) is 16.5 Å². The zero-order chi connectivity index (χ0) is 22.2. The highest BCUT2D eigenvalue weighted by molar-refractivity contribution is 14.1. The Hall–Kier alpha value is -2.68. The van der Waals surface area contributed by atoms with Crippen LogP contribution in [0.4, 0.5) is 5.69 Å². The number of hydrogen-bond acceptors (Lipinski definition) is 4. The molecule has 6 nitrogen and oxygen atoms in total. The van der Waals surface area contributed by atoms with Gasteiger partial charge in [0.2, 0.25) is 11.6 Å². The molecule has 0 aliphatic carbocycles. The molecule has 3 aromatic rings. The molecule has 0 unspecified atom stereocenters. The van der Waals surface area contributed by atoms with E-state index in [-0.39, 0.29) is 11.5 Å². The number of benzene rings is 1. The fourth-order valence-electron chi connectivity index (χ4n) is 3.40. The van der Waals surface area contributed by atoms with Crippen molar-refractivity contribution >= 4 is 57.3 Å². The number of anilines is 1. The van der Waals surface area contributed by atoms with Crippen LogP contribution >= 0.6 is 22.6 Å². The van der Waals surface area contributed by atoms with Gasteiger partial charge in [-0.1, -0.05) is 22.6 Å². The molecule has 0 fully saturated rings. The molecule has 0 saturated carbocycles. The Labute approximate surface area is 195 Å². The first-order valence-electron chi connectivity index (χ1n) is 10.4. The Balaban J connectivity index is 1.83. The molecule has 3 rings (SSSR count). The van der Waals surface area contributed by atoms with Gasteiger partial charge in [0.1, 0.15) is 5.58 Å². The number of halogens is 1. The van der Waals surface area contributed by atoms with E-state index in [2.05, 4.69) is 30.1 Å². The Morgan fingerprint density at radius 3 is 2.71 bits per heavy atom. The fraction of sp³-hybridized carbons (Fsp3) is 0.292. The Morgan fingerprint density at radius 1 is 1.16 bits per heavy atom. The number of nitrogens with one attached hydrogen (secondary N) is 1. The standard InChI is InChI=1S/C24H26IN3O3/c1-3-27(4-2)21-11-8-18-15-19(24(30)31-22(18)16-21)9-10-20-7-5-6-13-28(20)14-12-26-23(29)17-25/h5-11,13,15-16H,3-4,12,14,17H2,1-2H3/p+1. The maximum atomic E-state index is 12.6. The summed E-state index contributed by atoms with van der Waals surface area (Å²) in [5, 5.41) is 3.76. The van der Waals surface area contributed by atoms with Crippen LogP contribution in [0.3, 0.4) is 0 Å². The van der Waals surface area contributed by atoms with Gasteiger partial charge < -0.3 is 14.6 Å². The molecule has 2 aromatic heterocycles. The maximum absolute atomic E-state index is 12.6. The third kappa shape index (κ3) is 5.94. The zero-order valence-corrected chi connectivity index (χ0v) is 20.0. The first-order valence-corrected chi connectivity index (χ1v) is 11.9. The number of carbonyl (C=O) groups excluding carboxylic acids is 1. The quantitative estimate of drug-likeness (QED) is 0.198. The van der Waals surface area contributed by atoms with E-state index in [1.807, 2.05) is 75.8 Å². The van der Waals surface area contributed by atoms with Crippen LogP contribution in [0.5, 0.6) is 0 Å². The summed E-state index contributed by atoms with van der Waals surface area (Å²) in [6.07, 6.45) is 5.62. The van der Waals surface area contributed by atoms with E-state index in [1.54, 1.807) is 6.08 Å². The molecular formula is C24H27IN3O3+. The minimum absolute atomic E-state index is 0.0205. The van der Waals surface area contributed by atoms with E-state index in [9.17, 15) is 9.59 Å². The van der Waals surface area contributed by atoms with Gasteiger partial charge in [0, 0.05) is 48.4 Å². The van der Waals surface area contributed by atoms with Crippen LogP contribution in [-0.4, -0.2) is 30.0 Å². The number of nitrogens with zero attached hydrogens (tertiary/aromatic N) is 2. The summed E-state index contributed by atoms with van der Waals surface area (Å²) in [4.78, 5) is 26.2. The molecule has 0 bridgehead atoms. The first-order chi connectivity index (χ1) is 15.0. The molecule has 0 aliphatic heterocycles. The average Bonchev–Trinajstić information content (AvgIpc) is 2.79. The molecule has 31 heavy (non-hydrogen) atoms. The molecule has 162 valence electrons. The number of pyridine rings is 1. The molecule has 2 heterocycles. The second kappa shape index (κ2) is 11.1. The van der Waals surface area contributed by atoms with Gasteiger partial charge >= 0.3 is 5.63 Å². The molecule has 0 atom stereocenters. The van der Waals surface area contributed by atoms with Gasteiger partial charge in [-0.15, -0.1) is 0 Å². The number of fused-ring (bicyclic) bond motifs is 1. The fourth-order valence-corrected chi connectivity index (χ4v) is 3.67. The summed E-state index contributed by atoms with van der Waals surface area (Å²) in [6, 6.07) is 13.7. The van der Waals surface area contributed by atoms with Gasteiger partial charge in [0.15, 0.2) is 12.7 Å². The van der Waals surface area contributed by atoms with Gasteiger partial charge in [-0.25, -0.2) is 4.79 Å². The number of hydrogen-bond donors (Lipinski definition) is 1. The van der Waals surface area contributed by atoms with Crippen molar-refractivity contribution in [1.82, 2.24) is 5.32 Å². The second-order valence-corrected chi connectivity index (χ2v) is 7.78. The molecule has 0 saturated heterocycles. The number of aromatic nitrogens is 1. The van der Waals surface area contributed by atoms with Crippen LogP contribution in [0.1, 0.15) is 25.1 Å². The molecule has 1 N–H and O–H groups in total. The Morgan fingerprint density at radius 2 is 1.97 bits per heavy atom. The minimum Gasteiger partial charge on any atom is -0.422 e. The van der Waals surface area contributed by atoms with Crippen LogP contribution in [0.25, 0.3) is 23.1 Å². The largest absolute Gasteiger partial charge is 0.422 e. The van der Waals surface area contributed by atoms with Gasteiger partial charge in [-0.05, 0) is 44.2 Å². The number of carbonyl (C=O) groups is 1. The minimum atomic E-state index is -0.364. The lowest BCUT2D eigenvalue weighted by atomic mass is 10.1. The molecule has 0 aliphatic rings. The van der Waals surface area contributed by atoms with Crippen molar-refractivity contribution < 1.29 is 13.8 Å². The van der Waals surface area contributed by atoms with E-state index in [0.717, 1.165) is 29.9 Å². The predicted octanol–water partition coefficient (Wildman–Crippen LogP) is 3.65. The highest BCUT2D eigenvalue weighted by Crippen LogP contribution is 2.22. The molecule has 7 heteroatoms. The monoisotopic (exact) mass is 532 g/mol. The average molecular weight is 532 g/mol. The van der Waals surface area contributed by atoms with Crippen LogP contribution in [0.2, 0.25) is 0 Å². The van der Waals surface area contributed by atoms with Gasteiger partial charge in [0.25, 0.3) is 0 Å². The lowest BCUT2D eigenvalue weighted by Crippen LogP contribution is -2.42. The second-order valence-electron chi connectivity index (χ2n) is 7.02. The number of amides is 1. The zero-order valence-electron chi connectivity index (χ0n) is 17.8. The Kier molecular flexibility index (Phi) is 8.22. The van der Waals surface area contributed by atoms with E-state index in [0.29, 0.717) is 28.7 Å². The number of rotatable bonds is 9. The lowest BCUT2D eigenvalue weighted by Gasteiger charge is -2.20. The highest BCUT2D eigenvalue weighted by atomic mass is 127. The van der Waals surface area contributed by atoms with E-state index < -0.39 is 0 Å². The van der Waals surface area contributed by atoms with Crippen molar-refractivity contribution in [2.45, 2.75) is 20.4 Å². The number of alkyl halides is 1. The smallest absolute Gasteiger partial charge is 0.343 e. The summed E-state index contributed by atoms with van der Waals surface area (Å²) in [5.74, 6) is 0.0205. The SMILES string of the molecule is CCN(CC)c1ccc2cc(/C=C/c3cccc[n+]3CCNC(=O)CI)c(=O)oc2c1.